The lowest BCUT2D eigenvalue weighted by Gasteiger charge is -2.13. The van der Waals surface area contributed by atoms with E-state index in [1.807, 2.05) is 0 Å². The van der Waals surface area contributed by atoms with Gasteiger partial charge in [0.2, 0.25) is 11.7 Å². The van der Waals surface area contributed by atoms with Crippen LogP contribution in [0.2, 0.25) is 10.0 Å². The fourth-order valence-electron chi connectivity index (χ4n) is 3.37. The zero-order valence-electron chi connectivity index (χ0n) is 18.1. The number of hydrogen-bond donors (Lipinski definition) is 0. The van der Waals surface area contributed by atoms with Crippen LogP contribution in [-0.4, -0.2) is 24.3 Å². The van der Waals surface area contributed by atoms with E-state index in [9.17, 15) is 13.2 Å². The van der Waals surface area contributed by atoms with E-state index >= 15 is 0 Å². The smallest absolute Gasteiger partial charge is 0.417 e. The zero-order valence-corrected chi connectivity index (χ0v) is 19.6. The molecule has 5 rings (SSSR count). The van der Waals surface area contributed by atoms with E-state index in [2.05, 4.69) is 19.9 Å². The minimum absolute atomic E-state index is 0.0451. The molecule has 12 heteroatoms. The molecule has 5 aromatic rings. The predicted octanol–water partition coefficient (Wildman–Crippen LogP) is 6.88. The molecule has 0 unspecified atom stereocenters. The molecule has 3 aromatic heterocycles. The van der Waals surface area contributed by atoms with Gasteiger partial charge in [0.1, 0.15) is 24.4 Å². The second-order valence-corrected chi connectivity index (χ2v) is 8.32. The largest absolute Gasteiger partial charge is 0.473 e. The standard InChI is InChI=1S/C24H14Cl2F3N5O2/c25-18-3-2-16(8-17(18)24(27,28)29)36-21-4-1-14(7-19(21)26)12-35-22-5-6-34-20(11-32-23(34)33-22)15-9-30-13-31-10-15/h1-11,13H,12H2. The number of halogens is 5. The molecule has 0 aliphatic heterocycles. The highest BCUT2D eigenvalue weighted by atomic mass is 35.5. The topological polar surface area (TPSA) is 74.4 Å². The van der Waals surface area contributed by atoms with Crippen molar-refractivity contribution in [3.05, 3.63) is 94.8 Å². The van der Waals surface area contributed by atoms with E-state index in [1.165, 1.54) is 12.4 Å². The average molecular weight is 532 g/mol. The molecule has 0 N–H and O–H groups in total. The van der Waals surface area contributed by atoms with Crippen molar-refractivity contribution in [2.45, 2.75) is 12.8 Å². The molecule has 0 fully saturated rings. The Bertz CT molecular complexity index is 1540. The lowest BCUT2D eigenvalue weighted by atomic mass is 10.2. The van der Waals surface area contributed by atoms with E-state index in [0.717, 1.165) is 23.4 Å². The third-order valence-electron chi connectivity index (χ3n) is 5.06. The molecule has 0 spiro atoms. The highest BCUT2D eigenvalue weighted by Crippen LogP contribution is 2.38. The quantitative estimate of drug-likeness (QED) is 0.237. The number of aromatic nitrogens is 5. The number of imidazole rings is 1. The maximum atomic E-state index is 13.1. The monoisotopic (exact) mass is 531 g/mol. The van der Waals surface area contributed by atoms with Crippen LogP contribution in [0.1, 0.15) is 11.1 Å². The van der Waals surface area contributed by atoms with E-state index in [4.69, 9.17) is 32.7 Å². The highest BCUT2D eigenvalue weighted by molar-refractivity contribution is 6.32. The minimum Gasteiger partial charge on any atom is -0.473 e. The van der Waals surface area contributed by atoms with Gasteiger partial charge in [-0.15, -0.1) is 0 Å². The predicted molar refractivity (Wildman–Crippen MR) is 126 cm³/mol. The number of benzene rings is 2. The number of nitrogens with zero attached hydrogens (tertiary/aromatic N) is 5. The zero-order chi connectivity index (χ0) is 25.3. The van der Waals surface area contributed by atoms with Crippen LogP contribution in [0.5, 0.6) is 17.4 Å². The number of hydrogen-bond acceptors (Lipinski definition) is 6. The van der Waals surface area contributed by atoms with Gasteiger partial charge in [-0.25, -0.2) is 15.0 Å². The molecule has 0 saturated carbocycles. The van der Waals surface area contributed by atoms with Gasteiger partial charge in [0.25, 0.3) is 0 Å². The third kappa shape index (κ3) is 5.05. The first kappa shape index (κ1) is 23.8. The van der Waals surface area contributed by atoms with E-state index in [0.29, 0.717) is 17.2 Å². The Morgan fingerprint density at radius 2 is 1.72 bits per heavy atom. The molecule has 2 aromatic carbocycles. The van der Waals surface area contributed by atoms with Crippen LogP contribution < -0.4 is 9.47 Å². The van der Waals surface area contributed by atoms with Crippen LogP contribution in [0.25, 0.3) is 17.0 Å². The number of rotatable bonds is 6. The van der Waals surface area contributed by atoms with Gasteiger partial charge in [0.05, 0.1) is 27.5 Å². The van der Waals surface area contributed by atoms with Gasteiger partial charge in [-0.3, -0.25) is 4.40 Å². The first-order valence-corrected chi connectivity index (χ1v) is 11.1. The van der Waals surface area contributed by atoms with Gasteiger partial charge in [-0.05, 0) is 35.9 Å². The summed E-state index contributed by atoms with van der Waals surface area (Å²) in [7, 11) is 0. The molecule has 0 saturated heterocycles. The molecular weight excluding hydrogens is 518 g/mol. The second-order valence-electron chi connectivity index (χ2n) is 7.50. The molecule has 0 aliphatic carbocycles. The Morgan fingerprint density at radius 3 is 2.47 bits per heavy atom. The summed E-state index contributed by atoms with van der Waals surface area (Å²) in [6, 6.07) is 9.79. The molecule has 0 aliphatic rings. The lowest BCUT2D eigenvalue weighted by molar-refractivity contribution is -0.137. The summed E-state index contributed by atoms with van der Waals surface area (Å²) in [4.78, 5) is 16.7. The molecule has 7 nitrogen and oxygen atoms in total. The van der Waals surface area contributed by atoms with E-state index in [1.54, 1.807) is 53.5 Å². The van der Waals surface area contributed by atoms with Gasteiger partial charge in [-0.2, -0.15) is 18.2 Å². The Balaban J connectivity index is 1.28. The lowest BCUT2D eigenvalue weighted by Crippen LogP contribution is -2.06. The SMILES string of the molecule is FC(F)(F)c1cc(Oc2ccc(COc3ccn4c(-c5cncnc5)cnc4n3)cc2Cl)ccc1Cl. The number of ether oxygens (including phenoxy) is 2. The molecule has 0 bridgehead atoms. The van der Waals surface area contributed by atoms with Gasteiger partial charge in [0.15, 0.2) is 0 Å². The van der Waals surface area contributed by atoms with Gasteiger partial charge in [-0.1, -0.05) is 29.3 Å². The van der Waals surface area contributed by atoms with Gasteiger partial charge < -0.3 is 9.47 Å². The summed E-state index contributed by atoms with van der Waals surface area (Å²) in [6.07, 6.45) is 3.65. The summed E-state index contributed by atoms with van der Waals surface area (Å²) in [5.74, 6) is 0.928. The number of fused-ring (bicyclic) bond motifs is 1. The second kappa shape index (κ2) is 9.63. The molecule has 0 radical (unpaired) electrons. The van der Waals surface area contributed by atoms with Crippen molar-refractivity contribution >= 4 is 29.0 Å². The van der Waals surface area contributed by atoms with Crippen molar-refractivity contribution < 1.29 is 22.6 Å². The summed E-state index contributed by atoms with van der Waals surface area (Å²) >= 11 is 11.9. The van der Waals surface area contributed by atoms with Gasteiger partial charge in [0, 0.05) is 30.2 Å². The first-order chi connectivity index (χ1) is 17.3. The summed E-state index contributed by atoms with van der Waals surface area (Å²) < 4.78 is 52.4. The Labute approximate surface area is 212 Å². The maximum absolute atomic E-state index is 13.1. The highest BCUT2D eigenvalue weighted by Gasteiger charge is 2.33. The van der Waals surface area contributed by atoms with Crippen molar-refractivity contribution in [2.24, 2.45) is 0 Å². The van der Waals surface area contributed by atoms with Crippen molar-refractivity contribution in [1.29, 1.82) is 0 Å². The van der Waals surface area contributed by atoms with Crippen LogP contribution in [0.4, 0.5) is 13.2 Å². The van der Waals surface area contributed by atoms with Crippen molar-refractivity contribution in [2.75, 3.05) is 0 Å². The Morgan fingerprint density at radius 1 is 0.917 bits per heavy atom. The van der Waals surface area contributed by atoms with Crippen LogP contribution in [0.3, 0.4) is 0 Å². The summed E-state index contributed by atoms with van der Waals surface area (Å²) in [5, 5.41) is -0.216. The van der Waals surface area contributed by atoms with Crippen molar-refractivity contribution in [1.82, 2.24) is 24.3 Å². The Kier molecular flexibility index (Phi) is 6.38. The average Bonchev–Trinajstić information content (AvgIpc) is 3.28. The summed E-state index contributed by atoms with van der Waals surface area (Å²) in [6.45, 7) is 0.141. The van der Waals surface area contributed by atoms with Crippen LogP contribution in [0.15, 0.2) is 73.6 Å². The van der Waals surface area contributed by atoms with E-state index < -0.39 is 16.8 Å². The molecule has 0 atom stereocenters. The van der Waals surface area contributed by atoms with Crippen LogP contribution in [-0.2, 0) is 12.8 Å². The van der Waals surface area contributed by atoms with E-state index in [-0.39, 0.29) is 23.1 Å². The fourth-order valence-corrected chi connectivity index (χ4v) is 3.83. The molecule has 3 heterocycles. The Hall–Kier alpha value is -3.89. The molecule has 0 amide bonds. The normalized spacial score (nSPS) is 11.6. The maximum Gasteiger partial charge on any atom is 0.417 e. The third-order valence-corrected chi connectivity index (χ3v) is 5.69. The van der Waals surface area contributed by atoms with Gasteiger partial charge >= 0.3 is 6.18 Å². The number of alkyl halides is 3. The van der Waals surface area contributed by atoms with Crippen molar-refractivity contribution in [3.8, 4) is 28.6 Å². The summed E-state index contributed by atoms with van der Waals surface area (Å²) in [5.41, 5.74) is 1.29. The fraction of sp³-hybridized carbons (Fsp3) is 0.0833. The van der Waals surface area contributed by atoms with Crippen molar-refractivity contribution in [3.63, 3.8) is 0 Å². The first-order valence-electron chi connectivity index (χ1n) is 10.3. The molecular formula is C24H14Cl2F3N5O2. The van der Waals surface area contributed by atoms with Crippen LogP contribution >= 0.6 is 23.2 Å². The minimum atomic E-state index is -4.60. The molecule has 182 valence electrons. The van der Waals surface area contributed by atoms with Crippen LogP contribution in [0, 0.1) is 0 Å². The molecule has 36 heavy (non-hydrogen) atoms.